The molecule has 0 aliphatic carbocycles. The molecule has 0 bridgehead atoms. The van der Waals surface area contributed by atoms with E-state index in [-0.39, 0.29) is 15.5 Å². The van der Waals surface area contributed by atoms with Crippen molar-refractivity contribution in [3.05, 3.63) is 16.0 Å². The van der Waals surface area contributed by atoms with E-state index in [2.05, 4.69) is 30.6 Å². The summed E-state index contributed by atoms with van der Waals surface area (Å²) in [4.78, 5) is 7.22. The summed E-state index contributed by atoms with van der Waals surface area (Å²) in [6, 6.07) is 0. The van der Waals surface area contributed by atoms with Gasteiger partial charge in [0, 0.05) is 0 Å². The van der Waals surface area contributed by atoms with Crippen LogP contribution in [0.25, 0.3) is 0 Å². The summed E-state index contributed by atoms with van der Waals surface area (Å²) in [5.41, 5.74) is 0. The molecule has 0 radical (unpaired) electrons. The van der Waals surface area contributed by atoms with Gasteiger partial charge in [-0.3, -0.25) is 0 Å². The van der Waals surface area contributed by atoms with Crippen molar-refractivity contribution in [2.45, 2.75) is 6.43 Å². The van der Waals surface area contributed by atoms with Crippen LogP contribution in [0.3, 0.4) is 0 Å². The summed E-state index contributed by atoms with van der Waals surface area (Å²) in [7, 11) is 0. The maximum absolute atomic E-state index is 11.7. The molecule has 1 aromatic heterocycles. The second-order valence-electron chi connectivity index (χ2n) is 1.99. The van der Waals surface area contributed by atoms with Crippen molar-refractivity contribution < 1.29 is 13.5 Å². The summed E-state index contributed by atoms with van der Waals surface area (Å²) in [5.74, 6) is 0.0142. The average molecular weight is 273 g/mol. The largest absolute Gasteiger partial charge is 0.471 e. The molecular formula is C6H4BrClF2N2O. The molecule has 0 fully saturated rings. The fourth-order valence-corrected chi connectivity index (χ4v) is 1.02. The van der Waals surface area contributed by atoms with Crippen molar-refractivity contribution in [1.82, 2.24) is 9.97 Å². The molecule has 3 nitrogen and oxygen atoms in total. The first-order chi connectivity index (χ1) is 6.11. The van der Waals surface area contributed by atoms with E-state index in [1.165, 1.54) is 0 Å². The van der Waals surface area contributed by atoms with Crippen LogP contribution in [0.15, 0.2) is 10.8 Å². The van der Waals surface area contributed by atoms with Gasteiger partial charge in [-0.2, -0.15) is 0 Å². The molecule has 0 amide bonds. The summed E-state index contributed by atoms with van der Waals surface area (Å²) < 4.78 is 28.4. The van der Waals surface area contributed by atoms with Crippen LogP contribution in [0, 0.1) is 0 Å². The van der Waals surface area contributed by atoms with Crippen molar-refractivity contribution in [2.24, 2.45) is 0 Å². The molecule has 0 aromatic carbocycles. The average Bonchev–Trinajstić information content (AvgIpc) is 2.07. The van der Waals surface area contributed by atoms with Crippen molar-refractivity contribution in [3.63, 3.8) is 0 Å². The maximum Gasteiger partial charge on any atom is 0.272 e. The number of nitrogens with zero attached hydrogens (tertiary/aromatic N) is 2. The summed E-state index contributed by atoms with van der Waals surface area (Å²) >= 11 is 8.57. The van der Waals surface area contributed by atoms with Crippen LogP contribution in [-0.4, -0.2) is 23.0 Å². The molecular weight excluding hydrogens is 269 g/mol. The fourth-order valence-electron chi connectivity index (χ4n) is 0.576. The number of rotatable bonds is 3. The Labute approximate surface area is 86.2 Å². The van der Waals surface area contributed by atoms with Crippen molar-refractivity contribution in [3.8, 4) is 5.88 Å². The van der Waals surface area contributed by atoms with Crippen LogP contribution in [0.1, 0.15) is 0 Å². The lowest BCUT2D eigenvalue weighted by molar-refractivity contribution is 0.0791. The summed E-state index contributed by atoms with van der Waals surface area (Å²) in [6.45, 7) is -0.716. The number of hydrogen-bond donors (Lipinski definition) is 0. The van der Waals surface area contributed by atoms with E-state index in [1.807, 2.05) is 0 Å². The molecule has 0 aliphatic rings. The van der Waals surface area contributed by atoms with E-state index in [9.17, 15) is 8.78 Å². The van der Waals surface area contributed by atoms with Gasteiger partial charge in [0.15, 0.2) is 11.8 Å². The molecule has 72 valence electrons. The van der Waals surface area contributed by atoms with Gasteiger partial charge < -0.3 is 4.74 Å². The van der Waals surface area contributed by atoms with Gasteiger partial charge in [-0.25, -0.2) is 18.7 Å². The quantitative estimate of drug-likeness (QED) is 0.794. The molecule has 0 N–H and O–H groups in total. The zero-order chi connectivity index (χ0) is 9.84. The predicted octanol–water partition coefficient (Wildman–Crippen LogP) is 2.54. The molecule has 0 unspecified atom stereocenters. The highest BCUT2D eigenvalue weighted by atomic mass is 79.9. The van der Waals surface area contributed by atoms with Gasteiger partial charge in [0.2, 0.25) is 5.88 Å². The van der Waals surface area contributed by atoms with Gasteiger partial charge in [-0.15, -0.1) is 0 Å². The molecule has 1 rings (SSSR count). The zero-order valence-corrected chi connectivity index (χ0v) is 8.52. The normalized spacial score (nSPS) is 10.5. The molecule has 13 heavy (non-hydrogen) atoms. The number of alkyl halides is 2. The second kappa shape index (κ2) is 4.66. The number of halogens is 4. The first kappa shape index (κ1) is 10.6. The van der Waals surface area contributed by atoms with E-state index < -0.39 is 13.0 Å². The smallest absolute Gasteiger partial charge is 0.272 e. The van der Waals surface area contributed by atoms with Crippen LogP contribution in [0.5, 0.6) is 5.88 Å². The third-order valence-electron chi connectivity index (χ3n) is 1.06. The number of hydrogen-bond acceptors (Lipinski definition) is 3. The molecule has 0 aliphatic heterocycles. The van der Waals surface area contributed by atoms with Gasteiger partial charge in [0.25, 0.3) is 6.43 Å². The van der Waals surface area contributed by atoms with Crippen LogP contribution in [-0.2, 0) is 0 Å². The number of ether oxygens (including phenoxy) is 1. The summed E-state index contributed by atoms with van der Waals surface area (Å²) in [5, 5.41) is 0.124. The third-order valence-corrected chi connectivity index (χ3v) is 2.29. The molecule has 7 heteroatoms. The van der Waals surface area contributed by atoms with Crippen molar-refractivity contribution in [1.29, 1.82) is 0 Å². The van der Waals surface area contributed by atoms with Crippen molar-refractivity contribution >= 4 is 27.5 Å². The SMILES string of the molecule is FC(F)COc1ncnc(Cl)c1Br. The highest BCUT2D eigenvalue weighted by molar-refractivity contribution is 9.10. The van der Waals surface area contributed by atoms with Gasteiger partial charge in [-0.1, -0.05) is 11.6 Å². The molecule has 1 aromatic rings. The fraction of sp³-hybridized carbons (Fsp3) is 0.333. The molecule has 0 atom stereocenters. The third kappa shape index (κ3) is 3.04. The Bertz CT molecular complexity index is 300. The second-order valence-corrected chi connectivity index (χ2v) is 3.14. The minimum atomic E-state index is -2.54. The number of aromatic nitrogens is 2. The van der Waals surface area contributed by atoms with Crippen LogP contribution in [0.4, 0.5) is 8.78 Å². The zero-order valence-electron chi connectivity index (χ0n) is 6.18. The highest BCUT2D eigenvalue weighted by Crippen LogP contribution is 2.27. The van der Waals surface area contributed by atoms with Crippen LogP contribution < -0.4 is 4.74 Å². The molecule has 1 heterocycles. The standard InChI is InChI=1S/C6H4BrClF2N2O/c7-4-5(8)11-2-12-6(4)13-1-3(9)10/h2-3H,1H2. The minimum absolute atomic E-state index is 0.0142. The Kier molecular flexibility index (Phi) is 3.80. The summed E-state index contributed by atoms with van der Waals surface area (Å²) in [6.07, 6.45) is -1.41. The van der Waals surface area contributed by atoms with Crippen molar-refractivity contribution in [2.75, 3.05) is 6.61 Å². The minimum Gasteiger partial charge on any atom is -0.471 e. The van der Waals surface area contributed by atoms with Crippen LogP contribution >= 0.6 is 27.5 Å². The van der Waals surface area contributed by atoms with Crippen LogP contribution in [0.2, 0.25) is 5.15 Å². The van der Waals surface area contributed by atoms with E-state index >= 15 is 0 Å². The van der Waals surface area contributed by atoms with E-state index in [0.29, 0.717) is 0 Å². The van der Waals surface area contributed by atoms with E-state index in [1.54, 1.807) is 0 Å². The highest BCUT2D eigenvalue weighted by Gasteiger charge is 2.10. The van der Waals surface area contributed by atoms with Gasteiger partial charge in [-0.05, 0) is 15.9 Å². The van der Waals surface area contributed by atoms with Gasteiger partial charge >= 0.3 is 0 Å². The molecule has 0 spiro atoms. The lowest BCUT2D eigenvalue weighted by Gasteiger charge is -2.05. The first-order valence-corrected chi connectivity index (χ1v) is 4.35. The Balaban J connectivity index is 2.71. The first-order valence-electron chi connectivity index (χ1n) is 3.18. The Morgan fingerprint density at radius 1 is 1.54 bits per heavy atom. The lowest BCUT2D eigenvalue weighted by atomic mass is 10.6. The monoisotopic (exact) mass is 272 g/mol. The topological polar surface area (TPSA) is 35.0 Å². The lowest BCUT2D eigenvalue weighted by Crippen LogP contribution is -2.08. The Hall–Kier alpha value is -0.490. The molecule has 0 saturated heterocycles. The predicted molar refractivity (Wildman–Crippen MR) is 46.2 cm³/mol. The maximum atomic E-state index is 11.7. The molecule has 0 saturated carbocycles. The van der Waals surface area contributed by atoms with E-state index in [0.717, 1.165) is 6.33 Å². The van der Waals surface area contributed by atoms with E-state index in [4.69, 9.17) is 11.6 Å². The van der Waals surface area contributed by atoms with Gasteiger partial charge in [0.1, 0.15) is 10.8 Å². The Morgan fingerprint density at radius 2 is 2.23 bits per heavy atom. The Morgan fingerprint density at radius 3 is 2.85 bits per heavy atom. The van der Waals surface area contributed by atoms with Gasteiger partial charge in [0.05, 0.1) is 0 Å².